The second-order valence-corrected chi connectivity index (χ2v) is 5.17. The molecule has 0 saturated heterocycles. The highest BCUT2D eigenvalue weighted by Crippen LogP contribution is 2.17. The van der Waals surface area contributed by atoms with Gasteiger partial charge in [0.15, 0.2) is 0 Å². The molecule has 0 aliphatic carbocycles. The van der Waals surface area contributed by atoms with E-state index in [1.807, 2.05) is 0 Å². The van der Waals surface area contributed by atoms with Gasteiger partial charge in [-0.15, -0.1) is 4.09 Å². The van der Waals surface area contributed by atoms with Crippen molar-refractivity contribution in [3.05, 3.63) is 11.8 Å². The number of hydrogen-bond donors (Lipinski definition) is 1. The van der Waals surface area contributed by atoms with E-state index >= 15 is 0 Å². The maximum Gasteiger partial charge on any atom is 0.325 e. The van der Waals surface area contributed by atoms with Gasteiger partial charge < -0.3 is 9.84 Å². The van der Waals surface area contributed by atoms with E-state index in [0.717, 1.165) is 8.39 Å². The Bertz CT molecular complexity index is 452. The Balaban J connectivity index is 3.26. The Morgan fingerprint density at radius 1 is 1.56 bits per heavy atom. The number of aliphatic hydroxyl groups is 1. The molecule has 0 radical (unpaired) electrons. The van der Waals surface area contributed by atoms with E-state index in [1.165, 1.54) is 20.2 Å². The minimum atomic E-state index is -3.72. The molecule has 0 aliphatic heterocycles. The normalized spacial score (nSPS) is 12.1. The summed E-state index contributed by atoms with van der Waals surface area (Å²) in [6.07, 6.45) is 0. The van der Waals surface area contributed by atoms with E-state index in [0.29, 0.717) is 6.61 Å². The number of aliphatic hydroxyl groups excluding tert-OH is 1. The van der Waals surface area contributed by atoms with E-state index in [4.69, 9.17) is 9.84 Å². The fraction of sp³-hybridized carbons (Fsp3) is 0.625. The molecule has 0 atom stereocenters. The van der Waals surface area contributed by atoms with Crippen LogP contribution in [0.4, 0.5) is 0 Å². The molecule has 92 valence electrons. The summed E-state index contributed by atoms with van der Waals surface area (Å²) in [5, 5.41) is 12.7. The molecule has 0 aliphatic rings. The van der Waals surface area contributed by atoms with Crippen LogP contribution in [0.2, 0.25) is 0 Å². The van der Waals surface area contributed by atoms with Crippen LogP contribution in [0.5, 0.6) is 5.88 Å². The van der Waals surface area contributed by atoms with Crippen LogP contribution < -0.4 is 4.74 Å². The zero-order valence-electron chi connectivity index (χ0n) is 9.41. The van der Waals surface area contributed by atoms with Crippen molar-refractivity contribution in [3.8, 4) is 5.88 Å². The number of nitrogens with zero attached hydrogens (tertiary/aromatic N) is 3. The number of aromatic nitrogens is 2. The minimum Gasteiger partial charge on any atom is -0.477 e. The SMILES string of the molecule is CCOc1cc(CO)nn1S(=O)(=O)N(C)C. The van der Waals surface area contributed by atoms with Crippen LogP contribution in [0, 0.1) is 0 Å². The Hall–Kier alpha value is -1.12. The van der Waals surface area contributed by atoms with Crippen LogP contribution in [0.25, 0.3) is 0 Å². The standard InChI is InChI=1S/C8H15N3O4S/c1-4-15-8-5-7(6-12)9-11(8)16(13,14)10(2)3/h5,12H,4,6H2,1-3H3. The van der Waals surface area contributed by atoms with Crippen molar-refractivity contribution in [2.24, 2.45) is 0 Å². The average Bonchev–Trinajstić information content (AvgIpc) is 2.62. The molecule has 1 aromatic heterocycles. The maximum atomic E-state index is 11.8. The second-order valence-electron chi connectivity index (χ2n) is 3.20. The number of hydrogen-bond acceptors (Lipinski definition) is 5. The molecular weight excluding hydrogens is 234 g/mol. The Kier molecular flexibility index (Phi) is 3.89. The third-order valence-electron chi connectivity index (χ3n) is 1.83. The topological polar surface area (TPSA) is 84.7 Å². The fourth-order valence-electron chi connectivity index (χ4n) is 1.03. The van der Waals surface area contributed by atoms with Gasteiger partial charge in [-0.2, -0.15) is 17.8 Å². The third-order valence-corrected chi connectivity index (χ3v) is 3.45. The predicted octanol–water partition coefficient (Wildman–Crippen LogP) is -0.571. The molecule has 0 bridgehead atoms. The van der Waals surface area contributed by atoms with Crippen LogP contribution in [0.3, 0.4) is 0 Å². The number of rotatable bonds is 5. The number of ether oxygens (including phenoxy) is 1. The molecule has 1 aromatic rings. The minimum absolute atomic E-state index is 0.0975. The van der Waals surface area contributed by atoms with Gasteiger partial charge in [-0.25, -0.2) is 0 Å². The van der Waals surface area contributed by atoms with Gasteiger partial charge in [-0.3, -0.25) is 0 Å². The first-order valence-electron chi connectivity index (χ1n) is 4.69. The largest absolute Gasteiger partial charge is 0.477 e. The molecule has 7 nitrogen and oxygen atoms in total. The third kappa shape index (κ3) is 2.34. The van der Waals surface area contributed by atoms with E-state index in [1.54, 1.807) is 6.92 Å². The molecule has 0 fully saturated rings. The first-order chi connectivity index (χ1) is 7.43. The summed E-state index contributed by atoms with van der Waals surface area (Å²) in [6, 6.07) is 1.39. The molecule has 0 spiro atoms. The summed E-state index contributed by atoms with van der Waals surface area (Å²) in [7, 11) is -0.928. The van der Waals surface area contributed by atoms with Gasteiger partial charge in [0.1, 0.15) is 0 Å². The lowest BCUT2D eigenvalue weighted by Crippen LogP contribution is -2.30. The van der Waals surface area contributed by atoms with Crippen LogP contribution in [-0.2, 0) is 16.8 Å². The second kappa shape index (κ2) is 4.81. The molecule has 1 rings (SSSR count). The molecular formula is C8H15N3O4S. The van der Waals surface area contributed by atoms with Crippen LogP contribution in [0.15, 0.2) is 6.07 Å². The van der Waals surface area contributed by atoms with Crippen LogP contribution in [0.1, 0.15) is 12.6 Å². The summed E-state index contributed by atoms with van der Waals surface area (Å²) in [4.78, 5) is 0. The van der Waals surface area contributed by atoms with Gasteiger partial charge in [0, 0.05) is 20.2 Å². The maximum absolute atomic E-state index is 11.8. The van der Waals surface area contributed by atoms with Gasteiger partial charge in [-0.05, 0) is 6.92 Å². The lowest BCUT2D eigenvalue weighted by Gasteiger charge is -2.13. The lowest BCUT2D eigenvalue weighted by atomic mass is 10.5. The predicted molar refractivity (Wildman–Crippen MR) is 57.3 cm³/mol. The van der Waals surface area contributed by atoms with E-state index in [2.05, 4.69) is 5.10 Å². The molecule has 1 heterocycles. The van der Waals surface area contributed by atoms with Crippen molar-refractivity contribution in [3.63, 3.8) is 0 Å². The highest BCUT2D eigenvalue weighted by atomic mass is 32.2. The summed E-state index contributed by atoms with van der Waals surface area (Å²) in [5.74, 6) is 0.0975. The van der Waals surface area contributed by atoms with Crippen molar-refractivity contribution in [2.45, 2.75) is 13.5 Å². The van der Waals surface area contributed by atoms with E-state index < -0.39 is 10.2 Å². The first kappa shape index (κ1) is 12.9. The molecule has 16 heavy (non-hydrogen) atoms. The molecule has 0 unspecified atom stereocenters. The first-order valence-corrected chi connectivity index (χ1v) is 6.08. The van der Waals surface area contributed by atoms with Gasteiger partial charge in [0.05, 0.1) is 18.9 Å². The van der Waals surface area contributed by atoms with E-state index in [9.17, 15) is 8.42 Å². The van der Waals surface area contributed by atoms with Gasteiger partial charge in [0.25, 0.3) is 0 Å². The summed E-state index contributed by atoms with van der Waals surface area (Å²) < 4.78 is 30.6. The summed E-state index contributed by atoms with van der Waals surface area (Å²) in [6.45, 7) is 1.72. The smallest absolute Gasteiger partial charge is 0.325 e. The molecule has 1 N–H and O–H groups in total. The van der Waals surface area contributed by atoms with Gasteiger partial charge >= 0.3 is 10.2 Å². The van der Waals surface area contributed by atoms with Crippen LogP contribution in [-0.4, -0.2) is 47.7 Å². The Morgan fingerprint density at radius 3 is 2.62 bits per heavy atom. The zero-order chi connectivity index (χ0) is 12.3. The quantitative estimate of drug-likeness (QED) is 0.755. The lowest BCUT2D eigenvalue weighted by molar-refractivity contribution is 0.276. The summed E-state index contributed by atoms with van der Waals surface area (Å²) >= 11 is 0. The summed E-state index contributed by atoms with van der Waals surface area (Å²) in [5.41, 5.74) is 0.244. The molecule has 0 amide bonds. The molecule has 0 aromatic carbocycles. The highest BCUT2D eigenvalue weighted by Gasteiger charge is 2.23. The molecule has 8 heteroatoms. The zero-order valence-corrected chi connectivity index (χ0v) is 10.2. The Morgan fingerprint density at radius 2 is 2.19 bits per heavy atom. The monoisotopic (exact) mass is 249 g/mol. The van der Waals surface area contributed by atoms with Crippen molar-refractivity contribution in [2.75, 3.05) is 20.7 Å². The average molecular weight is 249 g/mol. The van der Waals surface area contributed by atoms with Crippen molar-refractivity contribution in [1.82, 2.24) is 13.5 Å². The fourth-order valence-corrected chi connectivity index (χ4v) is 1.88. The van der Waals surface area contributed by atoms with Crippen LogP contribution >= 0.6 is 0 Å². The highest BCUT2D eigenvalue weighted by molar-refractivity contribution is 7.87. The van der Waals surface area contributed by atoms with Gasteiger partial charge in [-0.1, -0.05) is 0 Å². The Labute approximate surface area is 94.4 Å². The van der Waals surface area contributed by atoms with Crippen molar-refractivity contribution >= 4 is 10.2 Å². The van der Waals surface area contributed by atoms with Crippen molar-refractivity contribution in [1.29, 1.82) is 0 Å². The van der Waals surface area contributed by atoms with Gasteiger partial charge in [0.2, 0.25) is 5.88 Å². The molecule has 0 saturated carbocycles. The van der Waals surface area contributed by atoms with Crippen molar-refractivity contribution < 1.29 is 18.3 Å². The van der Waals surface area contributed by atoms with E-state index in [-0.39, 0.29) is 18.2 Å².